The number of amides is 2. The van der Waals surface area contributed by atoms with E-state index in [1.807, 2.05) is 0 Å². The lowest BCUT2D eigenvalue weighted by Gasteiger charge is -2.07. The molecule has 86 valence electrons. The van der Waals surface area contributed by atoms with Crippen molar-refractivity contribution in [1.29, 1.82) is 0 Å². The molecule has 0 atom stereocenters. The maximum atomic E-state index is 11.5. The maximum Gasteiger partial charge on any atom is 0.259 e. The fraction of sp³-hybridized carbons (Fsp3) is 0.200. The van der Waals surface area contributed by atoms with Crippen molar-refractivity contribution in [1.82, 2.24) is 10.6 Å². The molecule has 1 aromatic rings. The number of carbonyl (C=O) groups is 2. The molecule has 0 fully saturated rings. The monoisotopic (exact) mass is 224 g/mol. The summed E-state index contributed by atoms with van der Waals surface area (Å²) in [7, 11) is 1.44. The quantitative estimate of drug-likeness (QED) is 0.560. The molecule has 0 heterocycles. The molecule has 0 aliphatic heterocycles. The third-order valence-corrected chi connectivity index (χ3v) is 1.94. The molecule has 0 saturated carbocycles. The van der Waals surface area contributed by atoms with Gasteiger partial charge in [0.15, 0.2) is 0 Å². The number of phenolic OH excluding ortho intramolecular Hbond substituents is 2. The molecule has 2 amide bonds. The fourth-order valence-corrected chi connectivity index (χ4v) is 1.10. The molecular formula is C10H12N2O4. The molecule has 6 heteroatoms. The second-order valence-electron chi connectivity index (χ2n) is 3.03. The number of benzene rings is 1. The largest absolute Gasteiger partial charge is 0.507 e. The minimum absolute atomic E-state index is 0.219. The molecule has 16 heavy (non-hydrogen) atoms. The summed E-state index contributed by atoms with van der Waals surface area (Å²) in [4.78, 5) is 22.4. The van der Waals surface area contributed by atoms with E-state index in [0.29, 0.717) is 0 Å². The van der Waals surface area contributed by atoms with Crippen molar-refractivity contribution in [2.45, 2.75) is 0 Å². The molecular weight excluding hydrogens is 212 g/mol. The van der Waals surface area contributed by atoms with Crippen LogP contribution in [0.3, 0.4) is 0 Å². The number of hydrogen-bond acceptors (Lipinski definition) is 4. The number of hydrogen-bond donors (Lipinski definition) is 4. The average Bonchev–Trinajstić information content (AvgIpc) is 2.25. The summed E-state index contributed by atoms with van der Waals surface area (Å²) in [6, 6.07) is 3.95. The number of rotatable bonds is 3. The smallest absolute Gasteiger partial charge is 0.259 e. The first kappa shape index (κ1) is 11.8. The predicted molar refractivity (Wildman–Crippen MR) is 56.2 cm³/mol. The van der Waals surface area contributed by atoms with Gasteiger partial charge in [-0.3, -0.25) is 9.59 Å². The fourth-order valence-electron chi connectivity index (χ4n) is 1.10. The first-order valence-electron chi connectivity index (χ1n) is 4.56. The van der Waals surface area contributed by atoms with Gasteiger partial charge in [-0.05, 0) is 12.1 Å². The van der Waals surface area contributed by atoms with Crippen LogP contribution in [-0.2, 0) is 4.79 Å². The molecule has 0 aliphatic carbocycles. The summed E-state index contributed by atoms with van der Waals surface area (Å²) >= 11 is 0. The molecule has 0 aliphatic rings. The average molecular weight is 224 g/mol. The van der Waals surface area contributed by atoms with E-state index in [2.05, 4.69) is 10.6 Å². The first-order chi connectivity index (χ1) is 7.56. The van der Waals surface area contributed by atoms with Crippen LogP contribution in [0.25, 0.3) is 0 Å². The van der Waals surface area contributed by atoms with Crippen molar-refractivity contribution in [3.8, 4) is 11.5 Å². The molecule has 1 rings (SSSR count). The first-order valence-corrected chi connectivity index (χ1v) is 4.56. The van der Waals surface area contributed by atoms with E-state index in [0.717, 1.165) is 0 Å². The molecule has 0 saturated heterocycles. The SMILES string of the molecule is CNC(=O)CNC(=O)c1c(O)cccc1O. The Morgan fingerprint density at radius 1 is 1.25 bits per heavy atom. The number of carbonyl (C=O) groups excluding carboxylic acids is 2. The van der Waals surface area contributed by atoms with Gasteiger partial charge < -0.3 is 20.8 Å². The normalized spacial score (nSPS) is 9.56. The van der Waals surface area contributed by atoms with Gasteiger partial charge in [-0.1, -0.05) is 6.07 Å². The van der Waals surface area contributed by atoms with Gasteiger partial charge in [-0.25, -0.2) is 0 Å². The summed E-state index contributed by atoms with van der Waals surface area (Å²) in [6.07, 6.45) is 0. The topological polar surface area (TPSA) is 98.7 Å². The Morgan fingerprint density at radius 2 is 1.81 bits per heavy atom. The standard InChI is InChI=1S/C10H12N2O4/c1-11-8(15)5-12-10(16)9-6(13)3-2-4-7(9)14/h2-4,13-14H,5H2,1H3,(H,11,15)(H,12,16). The highest BCUT2D eigenvalue weighted by Gasteiger charge is 2.16. The van der Waals surface area contributed by atoms with E-state index in [-0.39, 0.29) is 29.5 Å². The predicted octanol–water partition coefficient (Wildman–Crippen LogP) is -0.426. The Hall–Kier alpha value is -2.24. The van der Waals surface area contributed by atoms with Crippen molar-refractivity contribution >= 4 is 11.8 Å². The molecule has 0 radical (unpaired) electrons. The number of likely N-dealkylation sites (N-methyl/N-ethyl adjacent to an activating group) is 1. The van der Waals surface area contributed by atoms with Crippen LogP contribution in [-0.4, -0.2) is 35.6 Å². The van der Waals surface area contributed by atoms with Gasteiger partial charge in [0.05, 0.1) is 6.54 Å². The Balaban J connectivity index is 2.77. The van der Waals surface area contributed by atoms with Gasteiger partial charge in [0, 0.05) is 7.05 Å². The summed E-state index contributed by atoms with van der Waals surface area (Å²) in [6.45, 7) is -0.219. The van der Waals surface area contributed by atoms with Crippen molar-refractivity contribution in [2.75, 3.05) is 13.6 Å². The second-order valence-corrected chi connectivity index (χ2v) is 3.03. The van der Waals surface area contributed by atoms with E-state index in [9.17, 15) is 19.8 Å². The zero-order valence-corrected chi connectivity index (χ0v) is 8.65. The van der Waals surface area contributed by atoms with Gasteiger partial charge in [0.1, 0.15) is 17.1 Å². The third kappa shape index (κ3) is 2.63. The Labute approximate surface area is 91.9 Å². The second kappa shape index (κ2) is 5.01. The van der Waals surface area contributed by atoms with Gasteiger partial charge in [0.25, 0.3) is 5.91 Å². The lowest BCUT2D eigenvalue weighted by atomic mass is 10.1. The summed E-state index contributed by atoms with van der Waals surface area (Å²) in [5.41, 5.74) is -0.244. The van der Waals surface area contributed by atoms with Crippen LogP contribution in [0.15, 0.2) is 18.2 Å². The molecule has 1 aromatic carbocycles. The maximum absolute atomic E-state index is 11.5. The van der Waals surface area contributed by atoms with Crippen LogP contribution in [0, 0.1) is 0 Å². The summed E-state index contributed by atoms with van der Waals surface area (Å²) < 4.78 is 0. The van der Waals surface area contributed by atoms with E-state index in [1.54, 1.807) is 0 Å². The molecule has 6 nitrogen and oxygen atoms in total. The zero-order chi connectivity index (χ0) is 12.1. The van der Waals surface area contributed by atoms with Crippen molar-refractivity contribution in [3.63, 3.8) is 0 Å². The molecule has 0 aromatic heterocycles. The van der Waals surface area contributed by atoms with E-state index >= 15 is 0 Å². The van der Waals surface area contributed by atoms with Crippen LogP contribution in [0.2, 0.25) is 0 Å². The lowest BCUT2D eigenvalue weighted by molar-refractivity contribution is -0.119. The van der Waals surface area contributed by atoms with Gasteiger partial charge in [-0.15, -0.1) is 0 Å². The van der Waals surface area contributed by atoms with E-state index in [1.165, 1.54) is 25.2 Å². The third-order valence-electron chi connectivity index (χ3n) is 1.94. The Bertz CT molecular complexity index is 397. The van der Waals surface area contributed by atoms with Crippen LogP contribution in [0.1, 0.15) is 10.4 Å². The zero-order valence-electron chi connectivity index (χ0n) is 8.65. The van der Waals surface area contributed by atoms with Crippen LogP contribution >= 0.6 is 0 Å². The lowest BCUT2D eigenvalue weighted by Crippen LogP contribution is -2.35. The number of phenols is 2. The Morgan fingerprint density at radius 3 is 2.31 bits per heavy atom. The van der Waals surface area contributed by atoms with Gasteiger partial charge >= 0.3 is 0 Å². The highest BCUT2D eigenvalue weighted by atomic mass is 16.3. The number of aromatic hydroxyl groups is 2. The minimum atomic E-state index is -0.709. The van der Waals surface area contributed by atoms with Crippen molar-refractivity contribution < 1.29 is 19.8 Å². The molecule has 0 unspecified atom stereocenters. The van der Waals surface area contributed by atoms with E-state index < -0.39 is 5.91 Å². The minimum Gasteiger partial charge on any atom is -0.507 e. The number of nitrogens with one attached hydrogen (secondary N) is 2. The van der Waals surface area contributed by atoms with Crippen molar-refractivity contribution in [2.24, 2.45) is 0 Å². The highest BCUT2D eigenvalue weighted by molar-refractivity contribution is 6.00. The van der Waals surface area contributed by atoms with Crippen LogP contribution in [0.4, 0.5) is 0 Å². The van der Waals surface area contributed by atoms with Gasteiger partial charge in [-0.2, -0.15) is 0 Å². The van der Waals surface area contributed by atoms with Crippen molar-refractivity contribution in [3.05, 3.63) is 23.8 Å². The highest BCUT2D eigenvalue weighted by Crippen LogP contribution is 2.25. The van der Waals surface area contributed by atoms with E-state index in [4.69, 9.17) is 0 Å². The summed E-state index contributed by atoms with van der Waals surface area (Å²) in [5, 5.41) is 23.3. The van der Waals surface area contributed by atoms with Gasteiger partial charge in [0.2, 0.25) is 5.91 Å². The molecule has 0 spiro atoms. The molecule has 4 N–H and O–H groups in total. The summed E-state index contributed by atoms with van der Waals surface area (Å²) in [5.74, 6) is -1.76. The van der Waals surface area contributed by atoms with Crippen LogP contribution < -0.4 is 10.6 Å². The molecule has 0 bridgehead atoms. The van der Waals surface area contributed by atoms with Crippen LogP contribution in [0.5, 0.6) is 11.5 Å². The Kier molecular flexibility index (Phi) is 3.71.